The minimum atomic E-state index is -0.282. The predicted molar refractivity (Wildman–Crippen MR) is 83.6 cm³/mol. The van der Waals surface area contributed by atoms with E-state index in [2.05, 4.69) is 4.98 Å². The highest BCUT2D eigenvalue weighted by atomic mass is 32.1. The zero-order valence-electron chi connectivity index (χ0n) is 12.5. The molecule has 0 saturated carbocycles. The van der Waals surface area contributed by atoms with Crippen LogP contribution in [0.1, 0.15) is 22.3 Å². The highest BCUT2D eigenvalue weighted by molar-refractivity contribution is 7.17. The molecule has 4 nitrogen and oxygen atoms in total. The molecule has 1 atom stereocenters. The van der Waals surface area contributed by atoms with Gasteiger partial charge in [0, 0.05) is 12.1 Å². The van der Waals surface area contributed by atoms with E-state index in [1.807, 2.05) is 18.7 Å². The van der Waals surface area contributed by atoms with E-state index in [1.165, 1.54) is 23.5 Å². The molecule has 1 aliphatic heterocycles. The number of aromatic nitrogens is 1. The van der Waals surface area contributed by atoms with E-state index < -0.39 is 0 Å². The van der Waals surface area contributed by atoms with Crippen molar-refractivity contribution in [3.05, 3.63) is 40.7 Å². The van der Waals surface area contributed by atoms with Crippen LogP contribution in [-0.4, -0.2) is 41.6 Å². The molecule has 0 aliphatic carbocycles. The Morgan fingerprint density at radius 1 is 1.41 bits per heavy atom. The maximum atomic E-state index is 13.0. The van der Waals surface area contributed by atoms with E-state index in [0.29, 0.717) is 30.3 Å². The Kier molecular flexibility index (Phi) is 4.22. The summed E-state index contributed by atoms with van der Waals surface area (Å²) in [4.78, 5) is 19.7. The van der Waals surface area contributed by atoms with Gasteiger partial charge in [0.05, 0.1) is 24.9 Å². The third-order valence-electron chi connectivity index (χ3n) is 3.71. The molecule has 1 saturated heterocycles. The Balaban J connectivity index is 1.88. The number of carbonyl (C=O) groups is 1. The van der Waals surface area contributed by atoms with E-state index in [0.717, 1.165) is 10.6 Å². The number of aryl methyl sites for hydroxylation is 1. The molecule has 116 valence electrons. The second-order valence-electron chi connectivity index (χ2n) is 5.36. The summed E-state index contributed by atoms with van der Waals surface area (Å²) in [6.07, 6.45) is 0. The van der Waals surface area contributed by atoms with Crippen molar-refractivity contribution in [3.63, 3.8) is 0 Å². The summed E-state index contributed by atoms with van der Waals surface area (Å²) in [5, 5.41) is 0.738. The highest BCUT2D eigenvalue weighted by Crippen LogP contribution is 2.29. The molecular weight excluding hydrogens is 303 g/mol. The molecule has 0 bridgehead atoms. The Morgan fingerprint density at radius 2 is 2.14 bits per heavy atom. The average molecular weight is 320 g/mol. The van der Waals surface area contributed by atoms with E-state index in [1.54, 1.807) is 12.1 Å². The lowest BCUT2D eigenvalue weighted by molar-refractivity contribution is 0.00381. The second kappa shape index (κ2) is 6.14. The molecule has 1 aliphatic rings. The number of hydrogen-bond donors (Lipinski definition) is 0. The lowest BCUT2D eigenvalue weighted by atomic mass is 10.2. The molecule has 2 heterocycles. The third-order valence-corrected chi connectivity index (χ3v) is 4.91. The molecule has 1 aromatic heterocycles. The SMILES string of the molecule is Cc1nc(-c2ccc(F)cc2)sc1C(=O)N1CCOC[C@@H]1C. The van der Waals surface area contributed by atoms with Crippen molar-refractivity contribution in [1.82, 2.24) is 9.88 Å². The Morgan fingerprint density at radius 3 is 2.82 bits per heavy atom. The van der Waals surface area contributed by atoms with Crippen LogP contribution in [0.3, 0.4) is 0 Å². The van der Waals surface area contributed by atoms with Gasteiger partial charge in [-0.15, -0.1) is 11.3 Å². The van der Waals surface area contributed by atoms with Crippen molar-refractivity contribution in [3.8, 4) is 10.6 Å². The van der Waals surface area contributed by atoms with Gasteiger partial charge in [0.25, 0.3) is 5.91 Å². The van der Waals surface area contributed by atoms with Crippen LogP contribution in [0.2, 0.25) is 0 Å². The Bertz CT molecular complexity index is 684. The van der Waals surface area contributed by atoms with Crippen LogP contribution in [0.25, 0.3) is 10.6 Å². The summed E-state index contributed by atoms with van der Waals surface area (Å²) in [7, 11) is 0. The molecule has 0 spiro atoms. The molecular formula is C16H17FN2O2S. The van der Waals surface area contributed by atoms with E-state index in [4.69, 9.17) is 4.74 Å². The number of amides is 1. The first-order valence-corrected chi connectivity index (χ1v) is 8.00. The van der Waals surface area contributed by atoms with Gasteiger partial charge in [0.2, 0.25) is 0 Å². The van der Waals surface area contributed by atoms with E-state index in [-0.39, 0.29) is 17.8 Å². The molecule has 6 heteroatoms. The zero-order chi connectivity index (χ0) is 15.7. The topological polar surface area (TPSA) is 42.4 Å². The summed E-state index contributed by atoms with van der Waals surface area (Å²) >= 11 is 1.36. The fourth-order valence-corrected chi connectivity index (χ4v) is 3.50. The minimum Gasteiger partial charge on any atom is -0.377 e. The number of hydrogen-bond acceptors (Lipinski definition) is 4. The summed E-state index contributed by atoms with van der Waals surface area (Å²) in [5.74, 6) is -0.283. The molecule has 1 amide bonds. The van der Waals surface area contributed by atoms with Crippen LogP contribution in [0.5, 0.6) is 0 Å². The number of rotatable bonds is 2. The summed E-state index contributed by atoms with van der Waals surface area (Å²) < 4.78 is 18.4. The van der Waals surface area contributed by atoms with Gasteiger partial charge in [0.15, 0.2) is 0 Å². The van der Waals surface area contributed by atoms with Crippen molar-refractivity contribution in [2.45, 2.75) is 19.9 Å². The van der Waals surface area contributed by atoms with Gasteiger partial charge >= 0.3 is 0 Å². The number of morpholine rings is 1. The molecule has 2 aromatic rings. The molecule has 1 aromatic carbocycles. The molecule has 0 radical (unpaired) electrons. The van der Waals surface area contributed by atoms with Gasteiger partial charge < -0.3 is 9.64 Å². The van der Waals surface area contributed by atoms with Gasteiger partial charge in [-0.3, -0.25) is 4.79 Å². The van der Waals surface area contributed by atoms with Crippen molar-refractivity contribution in [2.24, 2.45) is 0 Å². The lowest BCUT2D eigenvalue weighted by Gasteiger charge is -2.33. The van der Waals surface area contributed by atoms with Gasteiger partial charge in [-0.2, -0.15) is 0 Å². The quantitative estimate of drug-likeness (QED) is 0.854. The first-order valence-electron chi connectivity index (χ1n) is 7.18. The van der Waals surface area contributed by atoms with Crippen molar-refractivity contribution < 1.29 is 13.9 Å². The van der Waals surface area contributed by atoms with Crippen LogP contribution in [0, 0.1) is 12.7 Å². The van der Waals surface area contributed by atoms with E-state index in [9.17, 15) is 9.18 Å². The maximum Gasteiger partial charge on any atom is 0.266 e. The number of carbonyl (C=O) groups excluding carboxylic acids is 1. The van der Waals surface area contributed by atoms with Crippen molar-refractivity contribution in [1.29, 1.82) is 0 Å². The first-order chi connectivity index (χ1) is 10.6. The number of halogens is 1. The fraction of sp³-hybridized carbons (Fsp3) is 0.375. The van der Waals surface area contributed by atoms with Crippen LogP contribution >= 0.6 is 11.3 Å². The Hall–Kier alpha value is -1.79. The van der Waals surface area contributed by atoms with Gasteiger partial charge in [-0.05, 0) is 38.1 Å². The highest BCUT2D eigenvalue weighted by Gasteiger charge is 2.27. The van der Waals surface area contributed by atoms with E-state index >= 15 is 0 Å². The largest absolute Gasteiger partial charge is 0.377 e. The zero-order valence-corrected chi connectivity index (χ0v) is 13.3. The smallest absolute Gasteiger partial charge is 0.266 e. The molecule has 1 fully saturated rings. The fourth-order valence-electron chi connectivity index (χ4n) is 2.47. The predicted octanol–water partition coefficient (Wildman–Crippen LogP) is 3.12. The Labute approximate surface area is 132 Å². The number of ether oxygens (including phenoxy) is 1. The van der Waals surface area contributed by atoms with Crippen LogP contribution < -0.4 is 0 Å². The standard InChI is InChI=1S/C16H17FN2O2S/c1-10-9-21-8-7-19(10)16(20)14-11(2)18-15(22-14)12-3-5-13(17)6-4-12/h3-6,10H,7-9H2,1-2H3/t10-/m0/s1. The summed E-state index contributed by atoms with van der Waals surface area (Å²) in [5.41, 5.74) is 1.54. The van der Waals surface area contributed by atoms with Crippen molar-refractivity contribution >= 4 is 17.2 Å². The van der Waals surface area contributed by atoms with Gasteiger partial charge in [-0.1, -0.05) is 0 Å². The van der Waals surface area contributed by atoms with Gasteiger partial charge in [-0.25, -0.2) is 9.37 Å². The number of nitrogens with zero attached hydrogens (tertiary/aromatic N) is 2. The minimum absolute atomic E-state index is 0.000776. The van der Waals surface area contributed by atoms with Crippen LogP contribution in [-0.2, 0) is 4.74 Å². The number of thiazole rings is 1. The average Bonchev–Trinajstić information content (AvgIpc) is 2.90. The monoisotopic (exact) mass is 320 g/mol. The van der Waals surface area contributed by atoms with Crippen molar-refractivity contribution in [2.75, 3.05) is 19.8 Å². The summed E-state index contributed by atoms with van der Waals surface area (Å²) in [6.45, 7) is 5.55. The molecule has 3 rings (SSSR count). The normalized spacial score (nSPS) is 18.5. The summed E-state index contributed by atoms with van der Waals surface area (Å²) in [6, 6.07) is 6.23. The first kappa shape index (κ1) is 15.1. The number of benzene rings is 1. The molecule has 22 heavy (non-hydrogen) atoms. The molecule has 0 unspecified atom stereocenters. The maximum absolute atomic E-state index is 13.0. The lowest BCUT2D eigenvalue weighted by Crippen LogP contribution is -2.47. The molecule has 0 N–H and O–H groups in total. The third kappa shape index (κ3) is 2.89. The second-order valence-corrected chi connectivity index (χ2v) is 6.36. The van der Waals surface area contributed by atoms with Crippen LogP contribution in [0.15, 0.2) is 24.3 Å². The van der Waals surface area contributed by atoms with Gasteiger partial charge in [0.1, 0.15) is 15.7 Å². The van der Waals surface area contributed by atoms with Crippen LogP contribution in [0.4, 0.5) is 4.39 Å².